The van der Waals surface area contributed by atoms with E-state index in [4.69, 9.17) is 0 Å². The summed E-state index contributed by atoms with van der Waals surface area (Å²) in [5, 5.41) is 0. The zero-order valence-corrected chi connectivity index (χ0v) is 17.4. The molecule has 0 bridgehead atoms. The van der Waals surface area contributed by atoms with Gasteiger partial charge in [-0.2, -0.15) is 0 Å². The monoisotopic (exact) mass is 353 g/mol. The van der Waals surface area contributed by atoms with Gasteiger partial charge in [0.05, 0.1) is 0 Å². The molecular formula is C23H35N3. The number of aliphatic imine (C=N–C) groups is 1. The van der Waals surface area contributed by atoms with Crippen LogP contribution < -0.4 is 0 Å². The van der Waals surface area contributed by atoms with Gasteiger partial charge in [0, 0.05) is 49.4 Å². The lowest BCUT2D eigenvalue weighted by Gasteiger charge is -2.07. The predicted octanol–water partition coefficient (Wildman–Crippen LogP) is 5.97. The molecule has 0 N–H and O–H groups in total. The Balaban J connectivity index is 0.000000439. The van der Waals surface area contributed by atoms with Crippen molar-refractivity contribution in [3.63, 3.8) is 0 Å². The van der Waals surface area contributed by atoms with E-state index in [2.05, 4.69) is 42.3 Å². The van der Waals surface area contributed by atoms with Crippen LogP contribution in [0.15, 0.2) is 65.9 Å². The van der Waals surface area contributed by atoms with Crippen molar-refractivity contribution in [2.45, 2.75) is 53.9 Å². The van der Waals surface area contributed by atoms with E-state index in [1.54, 1.807) is 0 Å². The topological polar surface area (TPSA) is 38.1 Å². The zero-order valence-electron chi connectivity index (χ0n) is 17.4. The highest BCUT2D eigenvalue weighted by atomic mass is 14.7. The molecule has 0 aliphatic heterocycles. The molecule has 0 saturated heterocycles. The Labute approximate surface area is 160 Å². The minimum absolute atomic E-state index is 0.548. The molecule has 0 aliphatic rings. The molecule has 2 aromatic heterocycles. The van der Waals surface area contributed by atoms with Crippen LogP contribution in [-0.2, 0) is 12.8 Å². The quantitative estimate of drug-likeness (QED) is 0.474. The first-order valence-electron chi connectivity index (χ1n) is 9.48. The van der Waals surface area contributed by atoms with Crippen LogP contribution >= 0.6 is 0 Å². The lowest BCUT2D eigenvalue weighted by atomic mass is 10.0. The third-order valence-electron chi connectivity index (χ3n) is 3.79. The molecule has 0 radical (unpaired) electrons. The number of aromatic nitrogens is 2. The van der Waals surface area contributed by atoms with Gasteiger partial charge in [0.25, 0.3) is 0 Å². The fourth-order valence-electron chi connectivity index (χ4n) is 2.01. The molecule has 0 atom stereocenters. The number of allylic oxidation sites excluding steroid dienone is 1. The maximum Gasteiger partial charge on any atom is 0.0459 e. The van der Waals surface area contributed by atoms with Crippen LogP contribution in [0.5, 0.6) is 0 Å². The Hall–Kier alpha value is -2.29. The minimum atomic E-state index is 0.548. The predicted molar refractivity (Wildman–Crippen MR) is 115 cm³/mol. The van der Waals surface area contributed by atoms with Crippen molar-refractivity contribution in [2.24, 2.45) is 10.9 Å². The van der Waals surface area contributed by atoms with Crippen molar-refractivity contribution < 1.29 is 0 Å². The van der Waals surface area contributed by atoms with Crippen LogP contribution in [0, 0.1) is 5.92 Å². The van der Waals surface area contributed by atoms with E-state index in [-0.39, 0.29) is 0 Å². The summed E-state index contributed by atoms with van der Waals surface area (Å²) in [6.07, 6.45) is 6.43. The van der Waals surface area contributed by atoms with Crippen molar-refractivity contribution in [2.75, 3.05) is 7.05 Å². The van der Waals surface area contributed by atoms with Crippen LogP contribution in [0.25, 0.3) is 0 Å². The smallest absolute Gasteiger partial charge is 0.0459 e. The van der Waals surface area contributed by atoms with E-state index in [1.807, 2.05) is 69.7 Å². The van der Waals surface area contributed by atoms with Gasteiger partial charge in [-0.3, -0.25) is 15.0 Å². The van der Waals surface area contributed by atoms with Crippen molar-refractivity contribution in [1.82, 2.24) is 9.97 Å². The molecule has 3 heteroatoms. The Morgan fingerprint density at radius 1 is 0.962 bits per heavy atom. The molecule has 0 spiro atoms. The Morgan fingerprint density at radius 3 is 1.81 bits per heavy atom. The summed E-state index contributed by atoms with van der Waals surface area (Å²) >= 11 is 0. The van der Waals surface area contributed by atoms with E-state index in [0.29, 0.717) is 5.92 Å². The summed E-state index contributed by atoms with van der Waals surface area (Å²) in [7, 11) is 1.84. The molecule has 0 saturated carbocycles. The molecule has 0 fully saturated rings. The van der Waals surface area contributed by atoms with Crippen LogP contribution in [-0.4, -0.2) is 22.7 Å². The van der Waals surface area contributed by atoms with Crippen LogP contribution in [0.4, 0.5) is 0 Å². The third-order valence-corrected chi connectivity index (χ3v) is 3.79. The largest absolute Gasteiger partial charge is 0.297 e. The van der Waals surface area contributed by atoms with Gasteiger partial charge in [0.1, 0.15) is 0 Å². The van der Waals surface area contributed by atoms with Gasteiger partial charge in [-0.1, -0.05) is 58.9 Å². The maximum absolute atomic E-state index is 4.24. The number of hydrogen-bond donors (Lipinski definition) is 0. The SMILES string of the molecule is C=C(Cc1ccccn1)C(C)C.CC.CCC(Cc1ccccn1)=NC. The van der Waals surface area contributed by atoms with Crippen molar-refractivity contribution in [3.8, 4) is 0 Å². The fourth-order valence-corrected chi connectivity index (χ4v) is 2.01. The van der Waals surface area contributed by atoms with E-state index >= 15 is 0 Å². The first-order chi connectivity index (χ1) is 12.6. The summed E-state index contributed by atoms with van der Waals surface area (Å²) in [5.41, 5.74) is 4.65. The number of hydrogen-bond acceptors (Lipinski definition) is 3. The summed E-state index contributed by atoms with van der Waals surface area (Å²) in [5.74, 6) is 0.548. The number of nitrogens with zero attached hydrogens (tertiary/aromatic N) is 3. The fraction of sp³-hybridized carbons (Fsp3) is 0.435. The first kappa shape index (κ1) is 23.7. The second-order valence-corrected chi connectivity index (χ2v) is 5.95. The van der Waals surface area contributed by atoms with E-state index in [0.717, 1.165) is 30.7 Å². The second-order valence-electron chi connectivity index (χ2n) is 5.95. The lowest BCUT2D eigenvalue weighted by molar-refractivity contribution is 0.739. The van der Waals surface area contributed by atoms with Crippen molar-refractivity contribution >= 4 is 5.71 Å². The highest BCUT2D eigenvalue weighted by Gasteiger charge is 2.01. The highest BCUT2D eigenvalue weighted by Crippen LogP contribution is 2.11. The molecule has 2 aromatic rings. The number of rotatable bonds is 6. The normalized spacial score (nSPS) is 10.3. The molecule has 0 aromatic carbocycles. The lowest BCUT2D eigenvalue weighted by Crippen LogP contribution is -2.02. The van der Waals surface area contributed by atoms with Gasteiger partial charge in [0.15, 0.2) is 0 Å². The molecule has 142 valence electrons. The van der Waals surface area contributed by atoms with Gasteiger partial charge in [-0.25, -0.2) is 0 Å². The van der Waals surface area contributed by atoms with Gasteiger partial charge >= 0.3 is 0 Å². The van der Waals surface area contributed by atoms with Gasteiger partial charge in [-0.15, -0.1) is 0 Å². The van der Waals surface area contributed by atoms with E-state index in [1.165, 1.54) is 11.3 Å². The molecule has 0 aliphatic carbocycles. The number of pyridine rings is 2. The molecule has 3 nitrogen and oxygen atoms in total. The van der Waals surface area contributed by atoms with E-state index in [9.17, 15) is 0 Å². The zero-order chi connectivity index (χ0) is 19.8. The summed E-state index contributed by atoms with van der Waals surface area (Å²) < 4.78 is 0. The standard InChI is InChI=1S/C11H15N.C10H14N2.C2H6/c1-9(2)10(3)8-11-6-4-5-7-12-11;1-3-9(11-2)8-10-6-4-5-7-12-10;1-2/h4-7,9H,3,8H2,1-2H3;4-7H,3,8H2,1-2H3;1-2H3. The Kier molecular flexibility index (Phi) is 13.7. The molecule has 26 heavy (non-hydrogen) atoms. The van der Waals surface area contributed by atoms with Crippen molar-refractivity contribution in [1.29, 1.82) is 0 Å². The average molecular weight is 354 g/mol. The average Bonchev–Trinajstić information content (AvgIpc) is 2.69. The van der Waals surface area contributed by atoms with E-state index < -0.39 is 0 Å². The Morgan fingerprint density at radius 2 is 1.46 bits per heavy atom. The van der Waals surface area contributed by atoms with Gasteiger partial charge < -0.3 is 0 Å². The minimum Gasteiger partial charge on any atom is -0.297 e. The third kappa shape index (κ3) is 10.5. The molecule has 0 unspecified atom stereocenters. The summed E-state index contributed by atoms with van der Waals surface area (Å²) in [6, 6.07) is 11.9. The Bertz CT molecular complexity index is 616. The highest BCUT2D eigenvalue weighted by molar-refractivity contribution is 5.85. The molecule has 2 rings (SSSR count). The van der Waals surface area contributed by atoms with Gasteiger partial charge in [-0.05, 0) is 36.6 Å². The molecule has 2 heterocycles. The van der Waals surface area contributed by atoms with Crippen LogP contribution in [0.3, 0.4) is 0 Å². The van der Waals surface area contributed by atoms with Crippen molar-refractivity contribution in [3.05, 3.63) is 72.3 Å². The summed E-state index contributed by atoms with van der Waals surface area (Å²) in [4.78, 5) is 12.7. The second kappa shape index (κ2) is 15.0. The van der Waals surface area contributed by atoms with Crippen LogP contribution in [0.2, 0.25) is 0 Å². The summed E-state index contributed by atoms with van der Waals surface area (Å²) in [6.45, 7) is 14.4. The van der Waals surface area contributed by atoms with Gasteiger partial charge in [0.2, 0.25) is 0 Å². The first-order valence-corrected chi connectivity index (χ1v) is 9.48. The maximum atomic E-state index is 4.24. The molecular weight excluding hydrogens is 318 g/mol. The molecule has 0 amide bonds. The van der Waals surface area contributed by atoms with Crippen LogP contribution in [0.1, 0.15) is 52.4 Å².